The van der Waals surface area contributed by atoms with Gasteiger partial charge in [-0.25, -0.2) is 0 Å². The summed E-state index contributed by atoms with van der Waals surface area (Å²) in [6, 6.07) is 10.4. The Morgan fingerprint density at radius 3 is 2.83 bits per heavy atom. The highest BCUT2D eigenvalue weighted by atomic mass is 32.2. The minimum atomic E-state index is 0.238. The lowest BCUT2D eigenvalue weighted by Gasteiger charge is -2.43. The van der Waals surface area contributed by atoms with Crippen molar-refractivity contribution in [2.75, 3.05) is 71.1 Å². The minimum Gasteiger partial charge on any atom is -0.379 e. The van der Waals surface area contributed by atoms with Gasteiger partial charge in [-0.15, -0.1) is 0 Å². The van der Waals surface area contributed by atoms with Crippen LogP contribution in [-0.2, 0) is 16.1 Å². The molecule has 6 nitrogen and oxygen atoms in total. The summed E-state index contributed by atoms with van der Waals surface area (Å²) < 4.78 is 11.6. The molecule has 3 saturated heterocycles. The van der Waals surface area contributed by atoms with Crippen molar-refractivity contribution in [3.63, 3.8) is 0 Å². The summed E-state index contributed by atoms with van der Waals surface area (Å²) in [5.41, 5.74) is 1.48. The monoisotopic (exact) mass is 432 g/mol. The van der Waals surface area contributed by atoms with E-state index in [1.165, 1.54) is 29.9 Å². The molecular formula is C23H36N4O2S. The summed E-state index contributed by atoms with van der Waals surface area (Å²) >= 11 is 2.08. The van der Waals surface area contributed by atoms with E-state index in [2.05, 4.69) is 56.1 Å². The summed E-state index contributed by atoms with van der Waals surface area (Å²) in [4.78, 5) is 9.67. The third kappa shape index (κ3) is 5.49. The number of rotatable bonds is 7. The zero-order valence-electron chi connectivity index (χ0n) is 18.2. The van der Waals surface area contributed by atoms with Crippen LogP contribution < -0.4 is 5.32 Å². The number of thioether (sulfide) groups is 1. The fraction of sp³-hybridized carbons (Fsp3) is 0.696. The summed E-state index contributed by atoms with van der Waals surface area (Å²) in [7, 11) is 1.91. The van der Waals surface area contributed by atoms with Crippen LogP contribution in [0.2, 0.25) is 0 Å². The van der Waals surface area contributed by atoms with Gasteiger partial charge in [0, 0.05) is 57.0 Å². The van der Waals surface area contributed by atoms with Gasteiger partial charge in [0.25, 0.3) is 0 Å². The molecule has 1 aromatic carbocycles. The number of likely N-dealkylation sites (tertiary alicyclic amines) is 1. The maximum atomic E-state index is 5.99. The first-order valence-electron chi connectivity index (χ1n) is 11.3. The SMILES string of the molecule is CN=C(NCC1(N2CCOCC2)CCSC1)N1CCC(COCc2ccccc2)C1. The van der Waals surface area contributed by atoms with Gasteiger partial charge in [-0.05, 0) is 24.2 Å². The van der Waals surface area contributed by atoms with E-state index in [0.717, 1.165) is 58.5 Å². The number of nitrogens with zero attached hydrogens (tertiary/aromatic N) is 3. The van der Waals surface area contributed by atoms with Crippen molar-refractivity contribution >= 4 is 17.7 Å². The highest BCUT2D eigenvalue weighted by Gasteiger charge is 2.41. The van der Waals surface area contributed by atoms with Gasteiger partial charge in [0.1, 0.15) is 0 Å². The lowest BCUT2D eigenvalue weighted by atomic mass is 9.95. The summed E-state index contributed by atoms with van der Waals surface area (Å²) in [5.74, 6) is 4.07. The van der Waals surface area contributed by atoms with Gasteiger partial charge in [0.15, 0.2) is 5.96 Å². The molecule has 0 aliphatic carbocycles. The average Bonchev–Trinajstić information content (AvgIpc) is 3.47. The largest absolute Gasteiger partial charge is 0.379 e. The molecule has 0 radical (unpaired) electrons. The van der Waals surface area contributed by atoms with Gasteiger partial charge in [-0.3, -0.25) is 9.89 Å². The molecule has 0 aromatic heterocycles. The summed E-state index contributed by atoms with van der Waals surface area (Å²) in [6.07, 6.45) is 2.41. The number of morpholine rings is 1. The lowest BCUT2D eigenvalue weighted by Crippen LogP contribution is -2.60. The van der Waals surface area contributed by atoms with E-state index < -0.39 is 0 Å². The topological polar surface area (TPSA) is 49.3 Å². The third-order valence-electron chi connectivity index (χ3n) is 6.60. The van der Waals surface area contributed by atoms with Crippen LogP contribution in [-0.4, -0.2) is 92.4 Å². The molecule has 7 heteroatoms. The van der Waals surface area contributed by atoms with Crippen LogP contribution in [0.25, 0.3) is 0 Å². The Labute approximate surface area is 185 Å². The highest BCUT2D eigenvalue weighted by molar-refractivity contribution is 7.99. The van der Waals surface area contributed by atoms with Crippen LogP contribution in [0.4, 0.5) is 0 Å². The maximum Gasteiger partial charge on any atom is 0.193 e. The molecule has 3 fully saturated rings. The molecule has 3 heterocycles. The van der Waals surface area contributed by atoms with E-state index >= 15 is 0 Å². The molecule has 1 aromatic rings. The fourth-order valence-electron chi connectivity index (χ4n) is 4.79. The molecule has 30 heavy (non-hydrogen) atoms. The first kappa shape index (κ1) is 21.9. The Morgan fingerprint density at radius 2 is 2.10 bits per heavy atom. The Balaban J connectivity index is 1.25. The van der Waals surface area contributed by atoms with Gasteiger partial charge in [0.05, 0.1) is 26.4 Å². The third-order valence-corrected chi connectivity index (χ3v) is 7.84. The highest BCUT2D eigenvalue weighted by Crippen LogP contribution is 2.33. The zero-order valence-corrected chi connectivity index (χ0v) is 19.0. The number of guanidine groups is 1. The number of hydrogen-bond donors (Lipinski definition) is 1. The molecule has 3 aliphatic heterocycles. The Hall–Kier alpha value is -1.28. The van der Waals surface area contributed by atoms with E-state index in [4.69, 9.17) is 9.47 Å². The number of aliphatic imine (C=N–C) groups is 1. The normalized spacial score (nSPS) is 28.2. The van der Waals surface area contributed by atoms with E-state index in [0.29, 0.717) is 12.5 Å². The molecule has 3 aliphatic rings. The molecule has 0 amide bonds. The molecule has 4 rings (SSSR count). The van der Waals surface area contributed by atoms with E-state index in [-0.39, 0.29) is 5.54 Å². The van der Waals surface area contributed by atoms with Crippen molar-refractivity contribution in [3.8, 4) is 0 Å². The molecular weight excluding hydrogens is 396 g/mol. The number of ether oxygens (including phenoxy) is 2. The average molecular weight is 433 g/mol. The number of benzene rings is 1. The molecule has 2 unspecified atom stereocenters. The van der Waals surface area contributed by atoms with Crippen molar-refractivity contribution in [2.45, 2.75) is 25.0 Å². The van der Waals surface area contributed by atoms with Crippen LogP contribution in [0, 0.1) is 5.92 Å². The second kappa shape index (κ2) is 10.8. The Morgan fingerprint density at radius 1 is 1.27 bits per heavy atom. The first-order chi connectivity index (χ1) is 14.8. The summed E-state index contributed by atoms with van der Waals surface area (Å²) in [5, 5.41) is 3.73. The van der Waals surface area contributed by atoms with Crippen molar-refractivity contribution in [1.82, 2.24) is 15.1 Å². The minimum absolute atomic E-state index is 0.238. The number of hydrogen-bond acceptors (Lipinski definition) is 5. The molecule has 166 valence electrons. The zero-order chi connectivity index (χ0) is 20.7. The van der Waals surface area contributed by atoms with Gasteiger partial charge in [-0.2, -0.15) is 11.8 Å². The predicted octanol–water partition coefficient (Wildman–Crippen LogP) is 2.31. The quantitative estimate of drug-likeness (QED) is 0.527. The van der Waals surface area contributed by atoms with Crippen LogP contribution in [0.1, 0.15) is 18.4 Å². The van der Waals surface area contributed by atoms with Crippen molar-refractivity contribution in [1.29, 1.82) is 0 Å². The van der Waals surface area contributed by atoms with E-state index in [1.807, 2.05) is 13.1 Å². The van der Waals surface area contributed by atoms with Crippen molar-refractivity contribution in [2.24, 2.45) is 10.9 Å². The molecule has 0 bridgehead atoms. The van der Waals surface area contributed by atoms with Gasteiger partial charge < -0.3 is 19.7 Å². The molecule has 2 atom stereocenters. The van der Waals surface area contributed by atoms with Crippen LogP contribution in [0.5, 0.6) is 0 Å². The lowest BCUT2D eigenvalue weighted by molar-refractivity contribution is -0.0121. The Bertz CT molecular complexity index is 675. The fourth-order valence-corrected chi connectivity index (χ4v) is 6.27. The first-order valence-corrected chi connectivity index (χ1v) is 12.4. The van der Waals surface area contributed by atoms with Crippen molar-refractivity contribution in [3.05, 3.63) is 35.9 Å². The van der Waals surface area contributed by atoms with Gasteiger partial charge in [-0.1, -0.05) is 30.3 Å². The second-order valence-corrected chi connectivity index (χ2v) is 9.73. The van der Waals surface area contributed by atoms with E-state index in [1.54, 1.807) is 0 Å². The molecule has 1 N–H and O–H groups in total. The Kier molecular flexibility index (Phi) is 7.93. The molecule has 0 spiro atoms. The number of nitrogens with one attached hydrogen (secondary N) is 1. The molecule has 0 saturated carbocycles. The van der Waals surface area contributed by atoms with Gasteiger partial charge in [0.2, 0.25) is 0 Å². The van der Waals surface area contributed by atoms with E-state index in [9.17, 15) is 0 Å². The van der Waals surface area contributed by atoms with Crippen molar-refractivity contribution < 1.29 is 9.47 Å². The van der Waals surface area contributed by atoms with Crippen LogP contribution in [0.15, 0.2) is 35.3 Å². The smallest absolute Gasteiger partial charge is 0.193 e. The standard InChI is InChI=1S/C23H36N4O2S/c1-24-22(25-18-23(8-14-30-19-23)27-10-12-28-13-11-27)26-9-7-21(15-26)17-29-16-20-5-3-2-4-6-20/h2-6,21H,7-19H2,1H3,(H,24,25). The predicted molar refractivity (Wildman–Crippen MR) is 124 cm³/mol. The van der Waals surface area contributed by atoms with Gasteiger partial charge >= 0.3 is 0 Å². The second-order valence-electron chi connectivity index (χ2n) is 8.63. The van der Waals surface area contributed by atoms with Crippen LogP contribution >= 0.6 is 11.8 Å². The maximum absolute atomic E-state index is 5.99. The summed E-state index contributed by atoms with van der Waals surface area (Å²) in [6.45, 7) is 8.37. The van der Waals surface area contributed by atoms with Crippen LogP contribution in [0.3, 0.4) is 0 Å².